The molecular formula is C8H12N4O3. The highest BCUT2D eigenvalue weighted by Crippen LogP contribution is 2.11. The molecule has 7 nitrogen and oxygen atoms in total. The number of amides is 1. The fourth-order valence-electron chi connectivity index (χ4n) is 1.02. The summed E-state index contributed by atoms with van der Waals surface area (Å²) in [6, 6.07) is 1.20. The number of rotatable bonds is 5. The van der Waals surface area contributed by atoms with E-state index in [4.69, 9.17) is 0 Å². The number of nitrogens with one attached hydrogen (secondary N) is 3. The molecule has 0 saturated heterocycles. The Labute approximate surface area is 86.0 Å². The molecule has 0 saturated carbocycles. The Balaban J connectivity index is 2.54. The Morgan fingerprint density at radius 3 is 2.87 bits per heavy atom. The number of likely N-dealkylation sites (N-methyl/N-ethyl adjacent to an activating group) is 1. The van der Waals surface area contributed by atoms with Crippen LogP contribution in [0, 0.1) is 10.1 Å². The Morgan fingerprint density at radius 1 is 1.60 bits per heavy atom. The molecule has 0 aliphatic heterocycles. The average Bonchev–Trinajstić information content (AvgIpc) is 2.66. The first-order valence-corrected chi connectivity index (χ1v) is 4.40. The second-order valence-electron chi connectivity index (χ2n) is 2.89. The number of carbonyl (C=O) groups excluding carboxylic acids is 1. The van der Waals surface area contributed by atoms with Gasteiger partial charge in [0.2, 0.25) is 0 Å². The zero-order valence-electron chi connectivity index (χ0n) is 8.24. The van der Waals surface area contributed by atoms with Gasteiger partial charge in [0.25, 0.3) is 11.6 Å². The van der Waals surface area contributed by atoms with E-state index < -0.39 is 4.92 Å². The zero-order valence-corrected chi connectivity index (χ0v) is 8.24. The average molecular weight is 212 g/mol. The van der Waals surface area contributed by atoms with E-state index in [1.54, 1.807) is 7.05 Å². The molecule has 0 bridgehead atoms. The standard InChI is InChI=1S/C8H12N4O3/c1-9-2-3-10-8(13)7-4-6(5-11-7)12(14)15/h4-5,9,11H,2-3H2,1H3,(H,10,13). The molecule has 1 heterocycles. The van der Waals surface area contributed by atoms with E-state index in [2.05, 4.69) is 15.6 Å². The Kier molecular flexibility index (Phi) is 3.81. The molecule has 0 atom stereocenters. The highest BCUT2D eigenvalue weighted by atomic mass is 16.6. The van der Waals surface area contributed by atoms with Crippen molar-refractivity contribution < 1.29 is 9.72 Å². The molecule has 1 aromatic heterocycles. The third-order valence-electron chi connectivity index (χ3n) is 1.78. The molecule has 0 aliphatic rings. The third kappa shape index (κ3) is 3.06. The minimum absolute atomic E-state index is 0.117. The van der Waals surface area contributed by atoms with E-state index in [9.17, 15) is 14.9 Å². The van der Waals surface area contributed by atoms with Crippen LogP contribution in [0.25, 0.3) is 0 Å². The van der Waals surface area contributed by atoms with Gasteiger partial charge in [-0.05, 0) is 7.05 Å². The summed E-state index contributed by atoms with van der Waals surface area (Å²) in [5.74, 6) is -0.349. The van der Waals surface area contributed by atoms with Crippen LogP contribution in [-0.4, -0.2) is 36.0 Å². The van der Waals surface area contributed by atoms with E-state index in [-0.39, 0.29) is 17.3 Å². The van der Waals surface area contributed by atoms with Gasteiger partial charge in [0.15, 0.2) is 0 Å². The number of hydrogen-bond donors (Lipinski definition) is 3. The first-order chi connectivity index (χ1) is 7.15. The van der Waals surface area contributed by atoms with E-state index in [0.29, 0.717) is 13.1 Å². The fraction of sp³-hybridized carbons (Fsp3) is 0.375. The summed E-state index contributed by atoms with van der Waals surface area (Å²) in [7, 11) is 1.77. The van der Waals surface area contributed by atoms with Gasteiger partial charge in [-0.25, -0.2) is 0 Å². The molecule has 0 fully saturated rings. The molecule has 1 rings (SSSR count). The molecule has 7 heteroatoms. The number of nitrogens with zero attached hydrogens (tertiary/aromatic N) is 1. The largest absolute Gasteiger partial charge is 0.351 e. The first kappa shape index (κ1) is 11.2. The molecule has 0 radical (unpaired) electrons. The van der Waals surface area contributed by atoms with Crippen molar-refractivity contribution in [3.63, 3.8) is 0 Å². The van der Waals surface area contributed by atoms with Gasteiger partial charge in [0.05, 0.1) is 11.1 Å². The van der Waals surface area contributed by atoms with Crippen LogP contribution in [0.3, 0.4) is 0 Å². The number of nitro groups is 1. The lowest BCUT2D eigenvalue weighted by Crippen LogP contribution is -2.30. The molecule has 0 unspecified atom stereocenters. The molecule has 1 aromatic rings. The minimum Gasteiger partial charge on any atom is -0.351 e. The summed E-state index contributed by atoms with van der Waals surface area (Å²) in [6.07, 6.45) is 1.19. The van der Waals surface area contributed by atoms with Crippen molar-refractivity contribution in [3.8, 4) is 0 Å². The number of H-pyrrole nitrogens is 1. The molecule has 0 aromatic carbocycles. The van der Waals surface area contributed by atoms with E-state index in [1.807, 2.05) is 0 Å². The van der Waals surface area contributed by atoms with Gasteiger partial charge in [0.1, 0.15) is 5.69 Å². The summed E-state index contributed by atoms with van der Waals surface area (Å²) in [6.45, 7) is 1.12. The maximum atomic E-state index is 11.4. The lowest BCUT2D eigenvalue weighted by molar-refractivity contribution is -0.384. The fourth-order valence-corrected chi connectivity index (χ4v) is 1.02. The summed E-state index contributed by atoms with van der Waals surface area (Å²) in [4.78, 5) is 23.7. The molecule has 1 amide bonds. The van der Waals surface area contributed by atoms with Gasteiger partial charge in [-0.2, -0.15) is 0 Å². The zero-order chi connectivity index (χ0) is 11.3. The van der Waals surface area contributed by atoms with Crippen molar-refractivity contribution >= 4 is 11.6 Å². The van der Waals surface area contributed by atoms with Crippen LogP contribution in [0.2, 0.25) is 0 Å². The summed E-state index contributed by atoms with van der Waals surface area (Å²) < 4.78 is 0. The minimum atomic E-state index is -0.555. The number of aromatic amines is 1. The normalized spacial score (nSPS) is 9.93. The van der Waals surface area contributed by atoms with Crippen molar-refractivity contribution in [2.75, 3.05) is 20.1 Å². The van der Waals surface area contributed by atoms with Crippen LogP contribution in [0.4, 0.5) is 5.69 Å². The van der Waals surface area contributed by atoms with Crippen LogP contribution < -0.4 is 10.6 Å². The molecule has 0 aliphatic carbocycles. The molecule has 3 N–H and O–H groups in total. The monoisotopic (exact) mass is 212 g/mol. The number of carbonyl (C=O) groups is 1. The van der Waals surface area contributed by atoms with Gasteiger partial charge in [-0.15, -0.1) is 0 Å². The lowest BCUT2D eigenvalue weighted by Gasteiger charge is -2.01. The second-order valence-corrected chi connectivity index (χ2v) is 2.89. The SMILES string of the molecule is CNCCNC(=O)c1cc([N+](=O)[O-])c[nH]1. The van der Waals surface area contributed by atoms with Gasteiger partial charge < -0.3 is 15.6 Å². The Morgan fingerprint density at radius 2 is 2.33 bits per heavy atom. The maximum Gasteiger partial charge on any atom is 0.287 e. The predicted octanol–water partition coefficient (Wildman–Crippen LogP) is -0.128. The molecule has 15 heavy (non-hydrogen) atoms. The van der Waals surface area contributed by atoms with Crippen LogP contribution in [0.5, 0.6) is 0 Å². The van der Waals surface area contributed by atoms with Crippen molar-refractivity contribution in [3.05, 3.63) is 28.1 Å². The molecule has 0 spiro atoms. The third-order valence-corrected chi connectivity index (χ3v) is 1.78. The highest BCUT2D eigenvalue weighted by Gasteiger charge is 2.13. The Hall–Kier alpha value is -1.89. The maximum absolute atomic E-state index is 11.4. The molecular weight excluding hydrogens is 200 g/mol. The van der Waals surface area contributed by atoms with Crippen molar-refractivity contribution in [1.29, 1.82) is 0 Å². The van der Waals surface area contributed by atoms with Crippen LogP contribution in [0.1, 0.15) is 10.5 Å². The topological polar surface area (TPSA) is 100 Å². The van der Waals surface area contributed by atoms with Crippen molar-refractivity contribution in [2.24, 2.45) is 0 Å². The van der Waals surface area contributed by atoms with Crippen molar-refractivity contribution in [1.82, 2.24) is 15.6 Å². The number of hydrogen-bond acceptors (Lipinski definition) is 4. The van der Waals surface area contributed by atoms with E-state index in [0.717, 1.165) is 0 Å². The van der Waals surface area contributed by atoms with Crippen LogP contribution >= 0.6 is 0 Å². The van der Waals surface area contributed by atoms with Gasteiger partial charge in [-0.3, -0.25) is 14.9 Å². The van der Waals surface area contributed by atoms with E-state index >= 15 is 0 Å². The number of aromatic nitrogens is 1. The summed E-state index contributed by atoms with van der Waals surface area (Å²) >= 11 is 0. The summed E-state index contributed by atoms with van der Waals surface area (Å²) in [5.41, 5.74) is 0.0755. The second kappa shape index (κ2) is 5.11. The highest BCUT2D eigenvalue weighted by molar-refractivity contribution is 5.93. The van der Waals surface area contributed by atoms with Crippen LogP contribution in [0.15, 0.2) is 12.3 Å². The van der Waals surface area contributed by atoms with E-state index in [1.165, 1.54) is 12.3 Å². The van der Waals surface area contributed by atoms with Gasteiger partial charge in [0, 0.05) is 19.2 Å². The van der Waals surface area contributed by atoms with Crippen molar-refractivity contribution in [2.45, 2.75) is 0 Å². The van der Waals surface area contributed by atoms with Gasteiger partial charge in [-0.1, -0.05) is 0 Å². The lowest BCUT2D eigenvalue weighted by atomic mass is 10.4. The summed E-state index contributed by atoms with van der Waals surface area (Å²) in [5, 5.41) is 15.8. The van der Waals surface area contributed by atoms with Gasteiger partial charge >= 0.3 is 0 Å². The Bertz CT molecular complexity index is 361. The smallest absolute Gasteiger partial charge is 0.287 e. The van der Waals surface area contributed by atoms with Crippen LogP contribution in [-0.2, 0) is 0 Å². The predicted molar refractivity (Wildman–Crippen MR) is 53.7 cm³/mol. The quantitative estimate of drug-likeness (QED) is 0.359. The first-order valence-electron chi connectivity index (χ1n) is 4.40. The molecule has 82 valence electrons.